The number of ketones is 2. The molecule has 0 aliphatic rings. The first kappa shape index (κ1) is 59.2. The maximum absolute atomic E-state index is 13.6. The van der Waals surface area contributed by atoms with E-state index in [0.29, 0.717) is 33.6 Å². The van der Waals surface area contributed by atoms with Crippen molar-refractivity contribution >= 4 is 69.3 Å². The van der Waals surface area contributed by atoms with E-state index in [9.17, 15) is 19.8 Å². The first-order valence-corrected chi connectivity index (χ1v) is 22.4. The molecule has 0 fully saturated rings. The summed E-state index contributed by atoms with van der Waals surface area (Å²) in [6.07, 6.45) is 2.71. The van der Waals surface area contributed by atoms with Crippen LogP contribution in [-0.4, -0.2) is 44.2 Å². The number of halogens is 2. The predicted molar refractivity (Wildman–Crippen MR) is 294 cm³/mol. The van der Waals surface area contributed by atoms with E-state index in [1.54, 1.807) is 12.1 Å². The molecule has 0 bridgehead atoms. The molecule has 0 aliphatic carbocycles. The van der Waals surface area contributed by atoms with Gasteiger partial charge in [0, 0.05) is 56.4 Å². The molecule has 71 heavy (non-hydrogen) atoms. The largest absolute Gasteiger partial charge is 0.493 e. The van der Waals surface area contributed by atoms with Crippen LogP contribution in [0.15, 0.2) is 174 Å². The molecule has 8 nitrogen and oxygen atoms in total. The van der Waals surface area contributed by atoms with E-state index in [2.05, 4.69) is 54.8 Å². The molecule has 6 aromatic carbocycles. The molecule has 8 aromatic rings. The number of aliphatic imine (C=N–C) groups is 2. The molecule has 8 rings (SSSR count). The van der Waals surface area contributed by atoms with Crippen LogP contribution >= 0.6 is 34.0 Å². The van der Waals surface area contributed by atoms with Crippen LogP contribution < -0.4 is 0 Å². The monoisotopic (exact) mass is 1160 g/mol. The summed E-state index contributed by atoms with van der Waals surface area (Å²) >= 11 is 0. The first-order chi connectivity index (χ1) is 32.3. The fraction of sp³-hybridized carbons (Fsp3) is 0.153. The molecule has 0 aliphatic heterocycles. The van der Waals surface area contributed by atoms with Crippen LogP contribution in [0.4, 0.5) is 11.4 Å². The minimum Gasteiger partial charge on any atom is -0.493 e. The Balaban J connectivity index is 0.000000356. The van der Waals surface area contributed by atoms with Crippen LogP contribution in [0.25, 0.3) is 44.8 Å². The number of aromatic nitrogens is 2. The van der Waals surface area contributed by atoms with Crippen molar-refractivity contribution in [2.24, 2.45) is 9.98 Å². The van der Waals surface area contributed by atoms with Crippen molar-refractivity contribution in [1.29, 1.82) is 0 Å². The molecular formula is C59H56Br2CuFeN4O4. The fourth-order valence-electron chi connectivity index (χ4n) is 8.17. The van der Waals surface area contributed by atoms with Crippen molar-refractivity contribution in [3.8, 4) is 56.5 Å². The normalized spacial score (nSPS) is 10.7. The molecule has 0 saturated heterocycles. The maximum Gasteiger partial charge on any atom is 0.220 e. The third kappa shape index (κ3) is 14.5. The topological polar surface area (TPSA) is 125 Å². The van der Waals surface area contributed by atoms with Crippen LogP contribution in [0.1, 0.15) is 88.1 Å². The van der Waals surface area contributed by atoms with E-state index in [0.717, 1.165) is 61.4 Å². The van der Waals surface area contributed by atoms with Gasteiger partial charge in [0.1, 0.15) is 0 Å². The Hall–Kier alpha value is -6.10. The Morgan fingerprint density at radius 3 is 1.14 bits per heavy atom. The molecule has 0 spiro atoms. The van der Waals surface area contributed by atoms with Gasteiger partial charge < -0.3 is 10.2 Å². The second-order valence-electron chi connectivity index (χ2n) is 17.1. The number of pyridine rings is 2. The smallest absolute Gasteiger partial charge is 0.220 e. The first-order valence-electron chi connectivity index (χ1n) is 22.4. The molecule has 2 N–H and O–H groups in total. The summed E-state index contributed by atoms with van der Waals surface area (Å²) in [6.45, 7) is 14.5. The number of rotatable bonds is 12. The summed E-state index contributed by atoms with van der Waals surface area (Å²) in [7, 11) is 0. The van der Waals surface area contributed by atoms with Gasteiger partial charge in [-0.15, -0.1) is 34.0 Å². The van der Waals surface area contributed by atoms with Crippen LogP contribution in [0.3, 0.4) is 0 Å². The van der Waals surface area contributed by atoms with Gasteiger partial charge in [0.2, 0.25) is 23.3 Å². The Labute approximate surface area is 459 Å². The van der Waals surface area contributed by atoms with Gasteiger partial charge in [0.05, 0.1) is 46.3 Å². The van der Waals surface area contributed by atoms with Crippen LogP contribution in [-0.2, 0) is 34.1 Å². The number of aromatic hydroxyl groups is 2. The van der Waals surface area contributed by atoms with E-state index >= 15 is 0 Å². The van der Waals surface area contributed by atoms with Gasteiger partial charge in [0.25, 0.3) is 0 Å². The summed E-state index contributed by atoms with van der Waals surface area (Å²) in [5, 5.41) is 21.8. The van der Waals surface area contributed by atoms with Gasteiger partial charge in [-0.3, -0.25) is 19.6 Å². The minimum absolute atomic E-state index is 0. The number of hydrogen-bond donors (Lipinski definition) is 2. The van der Waals surface area contributed by atoms with E-state index in [1.807, 2.05) is 160 Å². The predicted octanol–water partition coefficient (Wildman–Crippen LogP) is 15.7. The molecule has 0 atom stereocenters. The molecular weight excluding hydrogens is 1110 g/mol. The number of para-hydroxylation sites is 1. The van der Waals surface area contributed by atoms with Crippen molar-refractivity contribution in [1.82, 2.24) is 9.97 Å². The number of Topliss-reactive ketones (excluding diaryl/α,β-unsaturated/α-hetero) is 2. The Kier molecular flexibility index (Phi) is 22.9. The molecule has 369 valence electrons. The van der Waals surface area contributed by atoms with Crippen molar-refractivity contribution < 1.29 is 53.9 Å². The van der Waals surface area contributed by atoms with E-state index in [-0.39, 0.29) is 103 Å². The number of carbonyl (C=O) groups is 2. The van der Waals surface area contributed by atoms with Crippen molar-refractivity contribution in [2.75, 3.05) is 0 Å². The molecule has 0 saturated carbocycles. The van der Waals surface area contributed by atoms with Crippen LogP contribution in [0, 0.1) is 20.8 Å². The standard InChI is InChI=1S/C31H30N2O2.C28H24N2O2.2BrH.Cu.Fe/c1-20(2)24-16-11-17-25(21(3)4)30(24)32-19-28(34)26-18-27(22-12-7-5-8-13-22)33-31(35)29(26)23-14-9-6-10-15-23;1-18-14-19(2)27(20(3)15-18)29-17-25(31)23-16-24(21-10-6-4-7-11-21)30-28(32)26(23)22-12-8-5-9-13-22;;;;/h5-21H,1-4H3,(H,33,35);4-17H,1-3H3,(H,30,32);2*1H;;. The molecule has 2 heterocycles. The number of benzene rings is 6. The summed E-state index contributed by atoms with van der Waals surface area (Å²) in [6, 6.07) is 51.4. The number of nitrogens with zero attached hydrogens (tertiary/aromatic N) is 4. The molecule has 0 unspecified atom stereocenters. The summed E-state index contributed by atoms with van der Waals surface area (Å²) < 4.78 is 0. The SMILES string of the molecule is Br.Br.CC(C)c1cccc(C(C)C)c1N=CC(=O)c1cc(-c2ccccc2)nc(O)c1-c1ccccc1.Cc1cc(C)c(N=CC(=O)c2cc(-c3ccccc3)nc(O)c2-c2ccccc2)c(C)c1.[Cu].[Fe]. The second kappa shape index (κ2) is 27.5. The Morgan fingerprint density at radius 2 is 0.803 bits per heavy atom. The average molecular weight is 1160 g/mol. The molecule has 1 radical (unpaired) electrons. The number of carbonyl (C=O) groups excluding carboxylic acids is 2. The zero-order chi connectivity index (χ0) is 47.6. The number of aryl methyl sites for hydroxylation is 3. The third-order valence-electron chi connectivity index (χ3n) is 11.4. The van der Waals surface area contributed by atoms with E-state index in [4.69, 9.17) is 4.99 Å². The quantitative estimate of drug-likeness (QED) is 0.0713. The van der Waals surface area contributed by atoms with Gasteiger partial charge in [0.15, 0.2) is 0 Å². The average Bonchev–Trinajstić information content (AvgIpc) is 3.33. The van der Waals surface area contributed by atoms with Crippen LogP contribution in [0.2, 0.25) is 0 Å². The van der Waals surface area contributed by atoms with Crippen LogP contribution in [0.5, 0.6) is 11.8 Å². The van der Waals surface area contributed by atoms with E-state index < -0.39 is 0 Å². The number of hydrogen-bond acceptors (Lipinski definition) is 8. The zero-order valence-corrected chi connectivity index (χ0v) is 45.8. The summed E-state index contributed by atoms with van der Waals surface area (Å²) in [5.41, 5.74) is 12.7. The fourth-order valence-corrected chi connectivity index (χ4v) is 8.17. The molecule has 12 heteroatoms. The van der Waals surface area contributed by atoms with Gasteiger partial charge >= 0.3 is 0 Å². The maximum atomic E-state index is 13.6. The summed E-state index contributed by atoms with van der Waals surface area (Å²) in [4.78, 5) is 45.0. The third-order valence-corrected chi connectivity index (χ3v) is 11.4. The molecule has 2 aromatic heterocycles. The van der Waals surface area contributed by atoms with Gasteiger partial charge in [-0.2, -0.15) is 0 Å². The minimum atomic E-state index is -0.293. The van der Waals surface area contributed by atoms with Crippen molar-refractivity contribution in [3.05, 3.63) is 203 Å². The second-order valence-corrected chi connectivity index (χ2v) is 17.1. The van der Waals surface area contributed by atoms with Gasteiger partial charge in [-0.1, -0.05) is 185 Å². The van der Waals surface area contributed by atoms with Crippen molar-refractivity contribution in [3.63, 3.8) is 0 Å². The summed E-state index contributed by atoms with van der Waals surface area (Å²) in [5.74, 6) is -0.405. The molecule has 0 amide bonds. The zero-order valence-electron chi connectivity index (χ0n) is 40.4. The Morgan fingerprint density at radius 1 is 0.479 bits per heavy atom. The van der Waals surface area contributed by atoms with E-state index in [1.165, 1.54) is 12.4 Å². The Bertz CT molecular complexity index is 3070. The van der Waals surface area contributed by atoms with Gasteiger partial charge in [-0.05, 0) is 78.1 Å². The van der Waals surface area contributed by atoms with Crippen molar-refractivity contribution in [2.45, 2.75) is 60.3 Å². The van der Waals surface area contributed by atoms with Gasteiger partial charge in [-0.25, -0.2) is 9.97 Å².